The molecule has 3 heterocycles. The van der Waals surface area contributed by atoms with Crippen LogP contribution in [0.2, 0.25) is 0 Å². The lowest BCUT2D eigenvalue weighted by Gasteiger charge is -2.30. The number of para-hydroxylation sites is 1. The van der Waals surface area contributed by atoms with Gasteiger partial charge in [0.15, 0.2) is 5.75 Å². The van der Waals surface area contributed by atoms with Gasteiger partial charge in [-0.1, -0.05) is 31.2 Å². The maximum atomic E-state index is 9.12. The Kier molecular flexibility index (Phi) is 6.40. The highest BCUT2D eigenvalue weighted by molar-refractivity contribution is 5.99. The van der Waals surface area contributed by atoms with Crippen molar-refractivity contribution in [3.63, 3.8) is 0 Å². The average Bonchev–Trinajstić information content (AvgIpc) is 3.29. The lowest BCUT2D eigenvalue weighted by atomic mass is 10.0. The van der Waals surface area contributed by atoms with Crippen LogP contribution in [0.3, 0.4) is 0 Å². The molecular formula is C28H32N4O2. The molecule has 0 bridgehead atoms. The number of aromatic nitrogens is 1. The molecule has 2 aromatic carbocycles. The van der Waals surface area contributed by atoms with Crippen LogP contribution in [-0.4, -0.2) is 61.9 Å². The summed E-state index contributed by atoms with van der Waals surface area (Å²) in [6.45, 7) is 9.34. The molecule has 3 aromatic rings. The number of pyridine rings is 1. The first kappa shape index (κ1) is 22.6. The van der Waals surface area contributed by atoms with E-state index in [1.165, 1.54) is 0 Å². The molecule has 3 atom stereocenters. The Morgan fingerprint density at radius 3 is 2.68 bits per heavy atom. The van der Waals surface area contributed by atoms with Crippen LogP contribution in [0, 0.1) is 17.2 Å². The lowest BCUT2D eigenvalue weighted by Crippen LogP contribution is -2.42. The molecule has 0 saturated carbocycles. The smallest absolute Gasteiger partial charge is 0.153 e. The first-order chi connectivity index (χ1) is 16.6. The number of anilines is 1. The molecular weight excluding hydrogens is 424 g/mol. The van der Waals surface area contributed by atoms with Crippen LogP contribution in [0.25, 0.3) is 22.0 Å². The van der Waals surface area contributed by atoms with Crippen LogP contribution in [0.5, 0.6) is 5.75 Å². The van der Waals surface area contributed by atoms with Crippen molar-refractivity contribution in [1.82, 2.24) is 9.88 Å². The van der Waals surface area contributed by atoms with Gasteiger partial charge in [0.05, 0.1) is 48.9 Å². The molecule has 6 heteroatoms. The van der Waals surface area contributed by atoms with Gasteiger partial charge in [0.2, 0.25) is 0 Å². The third-order valence-electron chi connectivity index (χ3n) is 7.08. The minimum Gasteiger partial charge on any atom is -0.494 e. The summed E-state index contributed by atoms with van der Waals surface area (Å²) in [5, 5.41) is 10.1. The number of methoxy groups -OCH3 is 1. The molecule has 2 saturated heterocycles. The van der Waals surface area contributed by atoms with Crippen LogP contribution < -0.4 is 9.64 Å². The van der Waals surface area contributed by atoms with Gasteiger partial charge in [-0.25, -0.2) is 0 Å². The number of nitrogens with zero attached hydrogens (tertiary/aromatic N) is 4. The monoisotopic (exact) mass is 456 g/mol. The first-order valence-corrected chi connectivity index (χ1v) is 12.1. The largest absolute Gasteiger partial charge is 0.494 e. The van der Waals surface area contributed by atoms with Crippen LogP contribution in [0.4, 0.5) is 5.69 Å². The fraction of sp³-hybridized carbons (Fsp3) is 0.429. The molecule has 176 valence electrons. The second-order valence-corrected chi connectivity index (χ2v) is 9.66. The van der Waals surface area contributed by atoms with E-state index in [0.717, 1.165) is 72.7 Å². The van der Waals surface area contributed by atoms with E-state index in [0.29, 0.717) is 17.5 Å². The van der Waals surface area contributed by atoms with Crippen molar-refractivity contribution in [2.45, 2.75) is 32.4 Å². The van der Waals surface area contributed by atoms with Gasteiger partial charge >= 0.3 is 0 Å². The summed E-state index contributed by atoms with van der Waals surface area (Å²) in [6.07, 6.45) is 3.37. The van der Waals surface area contributed by atoms with E-state index in [9.17, 15) is 0 Å². The van der Waals surface area contributed by atoms with E-state index >= 15 is 0 Å². The Bertz CT molecular complexity index is 1190. The molecule has 1 aromatic heterocycles. The molecule has 0 amide bonds. The van der Waals surface area contributed by atoms with Gasteiger partial charge in [-0.3, -0.25) is 9.88 Å². The predicted molar refractivity (Wildman–Crippen MR) is 135 cm³/mol. The second-order valence-electron chi connectivity index (χ2n) is 9.66. The molecule has 6 nitrogen and oxygen atoms in total. The molecule has 1 unspecified atom stereocenters. The van der Waals surface area contributed by atoms with Crippen LogP contribution in [0.15, 0.2) is 48.7 Å². The van der Waals surface area contributed by atoms with Crippen molar-refractivity contribution < 1.29 is 9.47 Å². The van der Waals surface area contributed by atoms with Gasteiger partial charge in [0, 0.05) is 43.2 Å². The van der Waals surface area contributed by atoms with Crippen molar-refractivity contribution in [1.29, 1.82) is 5.26 Å². The normalized spacial score (nSPS) is 23.6. The third-order valence-corrected chi connectivity index (χ3v) is 7.08. The van der Waals surface area contributed by atoms with E-state index in [4.69, 9.17) is 19.7 Å². The highest BCUT2D eigenvalue weighted by atomic mass is 16.5. The zero-order chi connectivity index (χ0) is 23.7. The molecule has 0 aliphatic carbocycles. The van der Waals surface area contributed by atoms with Crippen molar-refractivity contribution in [3.8, 4) is 22.9 Å². The number of hydrogen-bond donors (Lipinski definition) is 0. The maximum Gasteiger partial charge on any atom is 0.153 e. The number of benzene rings is 2. The number of rotatable bonds is 4. The summed E-state index contributed by atoms with van der Waals surface area (Å²) in [5.74, 6) is 1.43. The number of nitriles is 1. The highest BCUT2D eigenvalue weighted by Gasteiger charge is 2.32. The van der Waals surface area contributed by atoms with Crippen LogP contribution >= 0.6 is 0 Å². The minimum absolute atomic E-state index is 0.275. The van der Waals surface area contributed by atoms with Crippen molar-refractivity contribution in [2.24, 2.45) is 5.92 Å². The lowest BCUT2D eigenvalue weighted by molar-refractivity contribution is 0.0544. The summed E-state index contributed by atoms with van der Waals surface area (Å²) in [7, 11) is 1.75. The van der Waals surface area contributed by atoms with Crippen LogP contribution in [0.1, 0.15) is 25.8 Å². The second kappa shape index (κ2) is 9.61. The molecule has 2 fully saturated rings. The summed E-state index contributed by atoms with van der Waals surface area (Å²) < 4.78 is 11.9. The fourth-order valence-electron chi connectivity index (χ4n) is 5.38. The number of hydrogen-bond acceptors (Lipinski definition) is 6. The summed E-state index contributed by atoms with van der Waals surface area (Å²) in [6, 6.07) is 16.6. The Hall–Kier alpha value is -3.14. The first-order valence-electron chi connectivity index (χ1n) is 12.1. The Morgan fingerprint density at radius 2 is 1.91 bits per heavy atom. The van der Waals surface area contributed by atoms with Gasteiger partial charge in [-0.05, 0) is 43.0 Å². The van der Waals surface area contributed by atoms with Gasteiger partial charge in [0.1, 0.15) is 0 Å². The van der Waals surface area contributed by atoms with Crippen molar-refractivity contribution in [3.05, 3.63) is 54.2 Å². The molecule has 0 N–H and O–H groups in total. The zero-order valence-corrected chi connectivity index (χ0v) is 20.2. The number of ether oxygens (including phenoxy) is 2. The molecule has 5 rings (SSSR count). The third kappa shape index (κ3) is 4.34. The van der Waals surface area contributed by atoms with Gasteiger partial charge in [-0.2, -0.15) is 5.26 Å². The Labute approximate surface area is 201 Å². The summed E-state index contributed by atoms with van der Waals surface area (Å²) >= 11 is 0. The maximum absolute atomic E-state index is 9.12. The standard InChI is InChI=1S/C28H32N4O2/c1-19-15-32(16-20(2)34-18-19)23-11-12-31(17-23)26-14-30-27-24(5-4-6-25(27)28(26)33-3)22-9-7-21(13-29)8-10-22/h4-10,14,19-20,23H,11-12,15-18H2,1-3H3/t19-,20+,23?/m0/s1. The van der Waals surface area contributed by atoms with Crippen molar-refractivity contribution >= 4 is 16.6 Å². The predicted octanol–water partition coefficient (Wildman–Crippen LogP) is 4.72. The van der Waals surface area contributed by atoms with Gasteiger partial charge in [0.25, 0.3) is 0 Å². The minimum atomic E-state index is 0.275. The van der Waals surface area contributed by atoms with E-state index in [-0.39, 0.29) is 6.10 Å². The average molecular weight is 457 g/mol. The molecule has 2 aliphatic heterocycles. The number of fused-ring (bicyclic) bond motifs is 1. The topological polar surface area (TPSA) is 61.6 Å². The Balaban J connectivity index is 1.45. The van der Waals surface area contributed by atoms with E-state index in [1.54, 1.807) is 7.11 Å². The fourth-order valence-corrected chi connectivity index (χ4v) is 5.38. The molecule has 0 radical (unpaired) electrons. The SMILES string of the molecule is COc1c(N2CCC(N3C[C@H](C)CO[C@H](C)C3)C2)cnc2c(-c3ccc(C#N)cc3)cccc12. The highest BCUT2D eigenvalue weighted by Crippen LogP contribution is 2.40. The van der Waals surface area contributed by atoms with Crippen molar-refractivity contribution in [2.75, 3.05) is 44.8 Å². The summed E-state index contributed by atoms with van der Waals surface area (Å²) in [5.41, 5.74) is 4.70. The summed E-state index contributed by atoms with van der Waals surface area (Å²) in [4.78, 5) is 9.95. The quantitative estimate of drug-likeness (QED) is 0.566. The van der Waals surface area contributed by atoms with E-state index < -0.39 is 0 Å². The van der Waals surface area contributed by atoms with E-state index in [2.05, 4.69) is 47.9 Å². The van der Waals surface area contributed by atoms with E-state index in [1.807, 2.05) is 30.5 Å². The molecule has 2 aliphatic rings. The van der Waals surface area contributed by atoms with Crippen LogP contribution in [-0.2, 0) is 4.74 Å². The van der Waals surface area contributed by atoms with Gasteiger partial charge in [-0.15, -0.1) is 0 Å². The molecule has 34 heavy (non-hydrogen) atoms. The molecule has 0 spiro atoms. The Morgan fingerprint density at radius 1 is 1.09 bits per heavy atom. The zero-order valence-electron chi connectivity index (χ0n) is 20.2. The van der Waals surface area contributed by atoms with Gasteiger partial charge < -0.3 is 14.4 Å².